The summed E-state index contributed by atoms with van der Waals surface area (Å²) < 4.78 is 5.29. The van der Waals surface area contributed by atoms with Gasteiger partial charge in [0, 0.05) is 17.2 Å². The number of benzene rings is 1. The molecular formula is C23H28N4O3. The second-order valence-corrected chi connectivity index (χ2v) is 9.31. The van der Waals surface area contributed by atoms with Crippen LogP contribution in [0.5, 0.6) is 5.75 Å². The molecule has 0 saturated carbocycles. The van der Waals surface area contributed by atoms with E-state index in [0.717, 1.165) is 16.7 Å². The summed E-state index contributed by atoms with van der Waals surface area (Å²) in [7, 11) is 0. The number of hydrazone groups is 1. The predicted octanol–water partition coefficient (Wildman–Crippen LogP) is 4.73. The van der Waals surface area contributed by atoms with Crippen molar-refractivity contribution >= 4 is 12.1 Å². The highest BCUT2D eigenvalue weighted by atomic mass is 16.3. The van der Waals surface area contributed by atoms with Crippen LogP contribution in [0.25, 0.3) is 11.5 Å². The molecule has 2 heterocycles. The van der Waals surface area contributed by atoms with Crippen LogP contribution in [0.1, 0.15) is 68.7 Å². The van der Waals surface area contributed by atoms with Crippen molar-refractivity contribution in [2.24, 2.45) is 5.10 Å². The van der Waals surface area contributed by atoms with Crippen LogP contribution in [-0.2, 0) is 10.8 Å². The fraction of sp³-hybridized carbons (Fsp3) is 0.348. The topological polar surface area (TPSA) is 104 Å². The lowest BCUT2D eigenvalue weighted by Crippen LogP contribution is -2.19. The second kappa shape index (κ2) is 7.82. The molecule has 0 saturated heterocycles. The number of carbonyl (C=O) groups excluding carboxylic acids is 1. The average molecular weight is 409 g/mol. The number of phenolic OH excluding ortho intramolecular Hbond substituents is 1. The van der Waals surface area contributed by atoms with E-state index in [1.165, 1.54) is 0 Å². The number of aromatic nitrogens is 2. The number of nitrogens with one attached hydrogen (secondary N) is 2. The number of nitrogens with zero attached hydrogens (tertiary/aromatic N) is 2. The SMILES string of the molecule is CC(C)(C)c1cc(/C=N/NC(=O)c2cc(-c3ccco3)[nH]n2)cc(C(C)(C)C)c1O. The van der Waals surface area contributed by atoms with Crippen LogP contribution in [0.2, 0.25) is 0 Å². The molecule has 158 valence electrons. The quantitative estimate of drug-likeness (QED) is 0.429. The Bertz CT molecular complexity index is 1030. The zero-order valence-corrected chi connectivity index (χ0v) is 18.2. The molecule has 0 aliphatic rings. The predicted molar refractivity (Wildman–Crippen MR) is 117 cm³/mol. The Morgan fingerprint density at radius 2 is 1.77 bits per heavy atom. The Hall–Kier alpha value is -3.35. The maximum atomic E-state index is 12.3. The number of rotatable bonds is 4. The van der Waals surface area contributed by atoms with Gasteiger partial charge in [-0.25, -0.2) is 5.43 Å². The van der Waals surface area contributed by atoms with Gasteiger partial charge in [-0.1, -0.05) is 41.5 Å². The number of hydrogen-bond acceptors (Lipinski definition) is 5. The van der Waals surface area contributed by atoms with Crippen LogP contribution < -0.4 is 5.43 Å². The Morgan fingerprint density at radius 3 is 2.30 bits per heavy atom. The molecule has 0 unspecified atom stereocenters. The third kappa shape index (κ3) is 4.62. The van der Waals surface area contributed by atoms with Gasteiger partial charge >= 0.3 is 0 Å². The smallest absolute Gasteiger partial charge is 0.291 e. The zero-order valence-electron chi connectivity index (χ0n) is 18.2. The monoisotopic (exact) mass is 408 g/mol. The molecule has 2 aromatic heterocycles. The maximum absolute atomic E-state index is 12.3. The fourth-order valence-corrected chi connectivity index (χ4v) is 3.09. The van der Waals surface area contributed by atoms with Crippen LogP contribution in [0.4, 0.5) is 0 Å². The third-order valence-corrected chi connectivity index (χ3v) is 4.73. The molecule has 30 heavy (non-hydrogen) atoms. The van der Waals surface area contributed by atoms with Crippen molar-refractivity contribution in [3.8, 4) is 17.2 Å². The summed E-state index contributed by atoms with van der Waals surface area (Å²) in [6, 6.07) is 8.92. The third-order valence-electron chi connectivity index (χ3n) is 4.73. The van der Waals surface area contributed by atoms with Gasteiger partial charge in [0.05, 0.1) is 12.5 Å². The molecule has 3 aromatic rings. The minimum Gasteiger partial charge on any atom is -0.507 e. The van der Waals surface area contributed by atoms with Crippen molar-refractivity contribution in [3.63, 3.8) is 0 Å². The number of aromatic amines is 1. The van der Waals surface area contributed by atoms with E-state index in [1.807, 2.05) is 53.7 Å². The highest BCUT2D eigenvalue weighted by molar-refractivity contribution is 5.94. The number of furan rings is 1. The molecule has 0 radical (unpaired) electrons. The summed E-state index contributed by atoms with van der Waals surface area (Å²) in [5, 5.41) is 21.6. The first kappa shape index (κ1) is 21.4. The molecule has 0 fully saturated rings. The van der Waals surface area contributed by atoms with E-state index < -0.39 is 5.91 Å². The summed E-state index contributed by atoms with van der Waals surface area (Å²) in [4.78, 5) is 12.3. The highest BCUT2D eigenvalue weighted by Gasteiger charge is 2.26. The summed E-state index contributed by atoms with van der Waals surface area (Å²) in [6.07, 6.45) is 3.12. The van der Waals surface area contributed by atoms with Crippen molar-refractivity contribution in [1.82, 2.24) is 15.6 Å². The van der Waals surface area contributed by atoms with Gasteiger partial charge in [-0.3, -0.25) is 9.89 Å². The van der Waals surface area contributed by atoms with E-state index in [2.05, 4.69) is 20.7 Å². The molecule has 0 aliphatic heterocycles. The largest absolute Gasteiger partial charge is 0.507 e. The van der Waals surface area contributed by atoms with Gasteiger partial charge in [-0.2, -0.15) is 10.2 Å². The number of phenols is 1. The molecule has 7 nitrogen and oxygen atoms in total. The first-order valence-corrected chi connectivity index (χ1v) is 9.77. The van der Waals surface area contributed by atoms with Crippen LogP contribution in [0, 0.1) is 0 Å². The van der Waals surface area contributed by atoms with Crippen molar-refractivity contribution in [2.75, 3.05) is 0 Å². The van der Waals surface area contributed by atoms with E-state index in [-0.39, 0.29) is 16.5 Å². The molecule has 0 aliphatic carbocycles. The van der Waals surface area contributed by atoms with E-state index in [0.29, 0.717) is 17.2 Å². The highest BCUT2D eigenvalue weighted by Crippen LogP contribution is 2.39. The Labute approximate surface area is 176 Å². The van der Waals surface area contributed by atoms with Gasteiger partial charge in [-0.05, 0) is 40.7 Å². The lowest BCUT2D eigenvalue weighted by Gasteiger charge is -2.27. The molecule has 3 N–H and O–H groups in total. The minimum atomic E-state index is -0.439. The number of hydrogen-bond donors (Lipinski definition) is 3. The van der Waals surface area contributed by atoms with Crippen molar-refractivity contribution in [3.05, 3.63) is 59.0 Å². The van der Waals surface area contributed by atoms with E-state index in [1.54, 1.807) is 30.7 Å². The Kier molecular flexibility index (Phi) is 5.57. The molecule has 7 heteroatoms. The van der Waals surface area contributed by atoms with Crippen LogP contribution in [-0.4, -0.2) is 27.4 Å². The van der Waals surface area contributed by atoms with Crippen LogP contribution in [0.15, 0.2) is 46.1 Å². The van der Waals surface area contributed by atoms with Crippen LogP contribution >= 0.6 is 0 Å². The zero-order chi connectivity index (χ0) is 22.1. The van der Waals surface area contributed by atoms with Crippen LogP contribution in [0.3, 0.4) is 0 Å². The molecule has 0 atom stereocenters. The van der Waals surface area contributed by atoms with Gasteiger partial charge in [0.2, 0.25) is 0 Å². The molecular weight excluding hydrogens is 380 g/mol. The van der Waals surface area contributed by atoms with E-state index >= 15 is 0 Å². The summed E-state index contributed by atoms with van der Waals surface area (Å²) in [5.74, 6) is 0.461. The average Bonchev–Trinajstić information content (AvgIpc) is 3.32. The van der Waals surface area contributed by atoms with Crippen molar-refractivity contribution in [2.45, 2.75) is 52.4 Å². The fourth-order valence-electron chi connectivity index (χ4n) is 3.09. The summed E-state index contributed by atoms with van der Waals surface area (Å²) >= 11 is 0. The second-order valence-electron chi connectivity index (χ2n) is 9.31. The van der Waals surface area contributed by atoms with Gasteiger partial charge in [0.25, 0.3) is 5.91 Å². The molecule has 0 spiro atoms. The Morgan fingerprint density at radius 1 is 1.13 bits per heavy atom. The molecule has 0 bridgehead atoms. The standard InChI is InChI=1S/C23H28N4O3/c1-22(2,3)15-10-14(11-16(20(15)28)23(4,5)6)13-24-27-21(29)18-12-17(25-26-18)19-8-7-9-30-19/h7-13,28H,1-6H3,(H,25,26)(H,27,29)/b24-13+. The van der Waals surface area contributed by atoms with Gasteiger partial charge < -0.3 is 9.52 Å². The number of carbonyl (C=O) groups is 1. The van der Waals surface area contributed by atoms with E-state index in [9.17, 15) is 9.90 Å². The number of amides is 1. The van der Waals surface area contributed by atoms with E-state index in [4.69, 9.17) is 4.42 Å². The molecule has 1 aromatic carbocycles. The molecule has 3 rings (SSSR count). The Balaban J connectivity index is 1.81. The van der Waals surface area contributed by atoms with Gasteiger partial charge in [0.1, 0.15) is 11.4 Å². The minimum absolute atomic E-state index is 0.204. The lowest BCUT2D eigenvalue weighted by atomic mass is 9.78. The van der Waals surface area contributed by atoms with Crippen molar-refractivity contribution in [1.29, 1.82) is 0 Å². The lowest BCUT2D eigenvalue weighted by molar-refractivity contribution is 0.0950. The van der Waals surface area contributed by atoms with Crippen molar-refractivity contribution < 1.29 is 14.3 Å². The number of aromatic hydroxyl groups is 1. The van der Waals surface area contributed by atoms with Gasteiger partial charge in [0.15, 0.2) is 11.5 Å². The summed E-state index contributed by atoms with van der Waals surface area (Å²) in [5.41, 5.74) is 5.28. The first-order chi connectivity index (χ1) is 14.0. The number of H-pyrrole nitrogens is 1. The van der Waals surface area contributed by atoms with Gasteiger partial charge in [-0.15, -0.1) is 0 Å². The normalized spacial score (nSPS) is 12.5. The maximum Gasteiger partial charge on any atom is 0.291 e. The molecule has 1 amide bonds. The summed E-state index contributed by atoms with van der Waals surface area (Å²) in [6.45, 7) is 12.3. The first-order valence-electron chi connectivity index (χ1n) is 9.77.